The molecule has 4 heteroatoms. The van der Waals surface area contributed by atoms with Gasteiger partial charge in [0.15, 0.2) is 0 Å². The largest absolute Gasteiger partial charge is 0.297 e. The second-order valence-corrected chi connectivity index (χ2v) is 5.96. The molecule has 1 atom stereocenters. The molecule has 0 amide bonds. The maximum atomic E-state index is 13.8. The highest BCUT2D eigenvalue weighted by molar-refractivity contribution is 8.00. The first-order chi connectivity index (χ1) is 8.72. The molecule has 1 unspecified atom stereocenters. The van der Waals surface area contributed by atoms with Gasteiger partial charge in [-0.15, -0.1) is 0 Å². The average molecular weight is 264 g/mol. The second kappa shape index (κ2) is 6.21. The van der Waals surface area contributed by atoms with E-state index in [1.54, 1.807) is 12.1 Å². The number of hydrogen-bond donors (Lipinski definition) is 0. The molecule has 0 spiro atoms. The Morgan fingerprint density at radius 2 is 2.39 bits per heavy atom. The van der Waals surface area contributed by atoms with Gasteiger partial charge in [-0.3, -0.25) is 4.90 Å². The fraction of sp³-hybridized carbons (Fsp3) is 0.500. The summed E-state index contributed by atoms with van der Waals surface area (Å²) in [5.41, 5.74) is 1.08. The van der Waals surface area contributed by atoms with Crippen molar-refractivity contribution in [3.8, 4) is 6.07 Å². The first kappa shape index (κ1) is 13.4. The fourth-order valence-electron chi connectivity index (χ4n) is 2.16. The van der Waals surface area contributed by atoms with Crippen molar-refractivity contribution in [2.45, 2.75) is 25.1 Å². The van der Waals surface area contributed by atoms with Gasteiger partial charge in [0.05, 0.1) is 11.6 Å². The topological polar surface area (TPSA) is 27.0 Å². The van der Waals surface area contributed by atoms with Crippen LogP contribution in [-0.4, -0.2) is 29.0 Å². The average Bonchev–Trinajstić information content (AvgIpc) is 2.41. The van der Waals surface area contributed by atoms with E-state index < -0.39 is 0 Å². The predicted molar refractivity (Wildman–Crippen MR) is 72.9 cm³/mol. The van der Waals surface area contributed by atoms with Crippen molar-refractivity contribution in [3.63, 3.8) is 0 Å². The molecule has 1 fully saturated rings. The van der Waals surface area contributed by atoms with Crippen LogP contribution in [0, 0.1) is 17.1 Å². The molecule has 0 bridgehead atoms. The number of thioether (sulfide) groups is 1. The van der Waals surface area contributed by atoms with E-state index in [2.05, 4.69) is 11.8 Å². The molecule has 0 aromatic heterocycles. The minimum Gasteiger partial charge on any atom is -0.297 e. The molecule has 0 N–H and O–H groups in total. The van der Waals surface area contributed by atoms with Crippen LogP contribution in [-0.2, 0) is 6.54 Å². The number of hydrogen-bond acceptors (Lipinski definition) is 3. The Bertz CT molecular complexity index is 456. The van der Waals surface area contributed by atoms with Crippen molar-refractivity contribution in [2.24, 2.45) is 0 Å². The highest BCUT2D eigenvalue weighted by Crippen LogP contribution is 2.23. The highest BCUT2D eigenvalue weighted by atomic mass is 32.2. The molecular weight excluding hydrogens is 247 g/mol. The lowest BCUT2D eigenvalue weighted by molar-refractivity contribution is 0.269. The van der Waals surface area contributed by atoms with E-state index in [1.165, 1.54) is 6.07 Å². The summed E-state index contributed by atoms with van der Waals surface area (Å²) in [6.07, 6.45) is 1.16. The Hall–Kier alpha value is -1.05. The van der Waals surface area contributed by atoms with Crippen molar-refractivity contribution < 1.29 is 4.39 Å². The van der Waals surface area contributed by atoms with Crippen LogP contribution in [0.15, 0.2) is 18.2 Å². The summed E-state index contributed by atoms with van der Waals surface area (Å²) in [7, 11) is 0. The van der Waals surface area contributed by atoms with E-state index in [0.29, 0.717) is 22.9 Å². The number of benzene rings is 1. The molecule has 0 saturated carbocycles. The van der Waals surface area contributed by atoms with Gasteiger partial charge in [0.25, 0.3) is 0 Å². The molecule has 1 aromatic rings. The predicted octanol–water partition coefficient (Wildman–Crippen LogP) is 3.02. The monoisotopic (exact) mass is 264 g/mol. The van der Waals surface area contributed by atoms with E-state index in [9.17, 15) is 4.39 Å². The smallest absolute Gasteiger partial charge is 0.129 e. The van der Waals surface area contributed by atoms with Crippen molar-refractivity contribution in [3.05, 3.63) is 35.1 Å². The molecule has 2 nitrogen and oxygen atoms in total. The van der Waals surface area contributed by atoms with Gasteiger partial charge in [0.2, 0.25) is 0 Å². The van der Waals surface area contributed by atoms with Crippen LogP contribution in [0.3, 0.4) is 0 Å². The van der Waals surface area contributed by atoms with Gasteiger partial charge in [0, 0.05) is 36.2 Å². The Labute approximate surface area is 112 Å². The molecular formula is C14H17FN2S. The van der Waals surface area contributed by atoms with Gasteiger partial charge in [-0.2, -0.15) is 17.0 Å². The van der Waals surface area contributed by atoms with Crippen molar-refractivity contribution >= 4 is 11.8 Å². The van der Waals surface area contributed by atoms with E-state index in [0.717, 1.165) is 25.3 Å². The Morgan fingerprint density at radius 3 is 3.06 bits per heavy atom. The number of rotatable bonds is 3. The van der Waals surface area contributed by atoms with Gasteiger partial charge >= 0.3 is 0 Å². The van der Waals surface area contributed by atoms with Crippen LogP contribution in [0.4, 0.5) is 4.39 Å². The second-order valence-electron chi connectivity index (χ2n) is 4.55. The summed E-state index contributed by atoms with van der Waals surface area (Å²) >= 11 is 2.01. The highest BCUT2D eigenvalue weighted by Gasteiger charge is 2.19. The normalized spacial score (nSPS) is 20.6. The van der Waals surface area contributed by atoms with Crippen molar-refractivity contribution in [1.29, 1.82) is 5.26 Å². The van der Waals surface area contributed by atoms with Crippen molar-refractivity contribution in [2.75, 3.05) is 18.8 Å². The summed E-state index contributed by atoms with van der Waals surface area (Å²) in [5.74, 6) is 0.858. The van der Waals surface area contributed by atoms with Crippen LogP contribution < -0.4 is 0 Å². The SMILES string of the molecule is CCC1CN(Cc2ccc(C#N)cc2F)CCS1. The molecule has 0 radical (unpaired) electrons. The third-order valence-corrected chi connectivity index (χ3v) is 4.63. The molecule has 1 aliphatic heterocycles. The minimum atomic E-state index is -0.264. The summed E-state index contributed by atoms with van der Waals surface area (Å²) in [4.78, 5) is 2.30. The van der Waals surface area contributed by atoms with E-state index in [1.807, 2.05) is 17.8 Å². The summed E-state index contributed by atoms with van der Waals surface area (Å²) in [5, 5.41) is 9.38. The molecule has 96 valence electrons. The molecule has 1 aromatic carbocycles. The van der Waals surface area contributed by atoms with E-state index in [4.69, 9.17) is 5.26 Å². The Kier molecular flexibility index (Phi) is 4.62. The summed E-state index contributed by atoms with van der Waals surface area (Å²) in [6.45, 7) is 4.89. The standard InChI is InChI=1S/C14H17FN2S/c1-2-13-10-17(5-6-18-13)9-12-4-3-11(8-16)7-14(12)15/h3-4,7,13H,2,5-6,9-10H2,1H3. The molecule has 0 aliphatic carbocycles. The van der Waals surface area contributed by atoms with Crippen LogP contribution in [0.25, 0.3) is 0 Å². The van der Waals surface area contributed by atoms with Crippen LogP contribution in [0.5, 0.6) is 0 Å². The maximum absolute atomic E-state index is 13.8. The van der Waals surface area contributed by atoms with Gasteiger partial charge in [-0.1, -0.05) is 13.0 Å². The quantitative estimate of drug-likeness (QED) is 0.839. The van der Waals surface area contributed by atoms with Crippen LogP contribution in [0.1, 0.15) is 24.5 Å². The van der Waals surface area contributed by atoms with Gasteiger partial charge in [-0.25, -0.2) is 4.39 Å². The third-order valence-electron chi connectivity index (χ3n) is 3.25. The minimum absolute atomic E-state index is 0.264. The first-order valence-electron chi connectivity index (χ1n) is 6.25. The zero-order valence-corrected chi connectivity index (χ0v) is 11.3. The lowest BCUT2D eigenvalue weighted by atomic mass is 10.1. The maximum Gasteiger partial charge on any atom is 0.129 e. The Morgan fingerprint density at radius 1 is 1.56 bits per heavy atom. The molecule has 1 saturated heterocycles. The van der Waals surface area contributed by atoms with Crippen molar-refractivity contribution in [1.82, 2.24) is 4.90 Å². The van der Waals surface area contributed by atoms with Gasteiger partial charge in [0.1, 0.15) is 5.82 Å². The fourth-order valence-corrected chi connectivity index (χ4v) is 3.41. The van der Waals surface area contributed by atoms with E-state index >= 15 is 0 Å². The molecule has 18 heavy (non-hydrogen) atoms. The number of nitrogens with zero attached hydrogens (tertiary/aromatic N) is 2. The summed E-state index contributed by atoms with van der Waals surface area (Å²) < 4.78 is 13.8. The Balaban J connectivity index is 2.03. The first-order valence-corrected chi connectivity index (χ1v) is 7.30. The van der Waals surface area contributed by atoms with Gasteiger partial charge < -0.3 is 0 Å². The number of halogens is 1. The van der Waals surface area contributed by atoms with Crippen LogP contribution >= 0.6 is 11.8 Å². The molecule has 1 heterocycles. The zero-order chi connectivity index (χ0) is 13.0. The van der Waals surface area contributed by atoms with Crippen LogP contribution in [0.2, 0.25) is 0 Å². The van der Waals surface area contributed by atoms with E-state index in [-0.39, 0.29) is 5.82 Å². The lowest BCUT2D eigenvalue weighted by Crippen LogP contribution is -2.37. The number of nitriles is 1. The summed E-state index contributed by atoms with van der Waals surface area (Å²) in [6, 6.07) is 6.70. The zero-order valence-electron chi connectivity index (χ0n) is 10.5. The lowest BCUT2D eigenvalue weighted by Gasteiger charge is -2.31. The molecule has 2 rings (SSSR count). The molecule has 1 aliphatic rings. The third kappa shape index (κ3) is 3.24. The van der Waals surface area contributed by atoms with Gasteiger partial charge in [-0.05, 0) is 18.6 Å².